The number of hydrogen-bond acceptors (Lipinski definition) is 18. The number of esters is 1. The lowest BCUT2D eigenvalue weighted by molar-refractivity contribution is -0.367. The number of carbonyl (C=O) groups excluding carboxylic acids is 1. The Kier molecular flexibility index (Phi) is 12.9. The lowest BCUT2D eigenvalue weighted by Crippen LogP contribution is -2.65. The molecule has 18 heteroatoms. The van der Waals surface area contributed by atoms with Crippen LogP contribution in [0.25, 0.3) is 0 Å². The molecule has 0 bridgehead atoms. The molecule has 342 valence electrons. The summed E-state index contributed by atoms with van der Waals surface area (Å²) in [6, 6.07) is 0. The van der Waals surface area contributed by atoms with Gasteiger partial charge in [-0.05, 0) is 99.4 Å². The van der Waals surface area contributed by atoms with Crippen molar-refractivity contribution in [2.24, 2.45) is 34.5 Å². The van der Waals surface area contributed by atoms with Crippen LogP contribution < -0.4 is 0 Å². The van der Waals surface area contributed by atoms with Crippen molar-refractivity contribution in [2.75, 3.05) is 26.9 Å². The van der Waals surface area contributed by atoms with Crippen molar-refractivity contribution >= 4 is 5.97 Å². The summed E-state index contributed by atoms with van der Waals surface area (Å²) in [7, 11) is 1.39. The Labute approximate surface area is 349 Å². The molecule has 0 radical (unpaired) electrons. The monoisotopic (exact) mass is 858 g/mol. The molecule has 7 fully saturated rings. The number of carbonyl (C=O) groups is 1. The molecule has 4 aliphatic heterocycles. The van der Waals surface area contributed by atoms with Gasteiger partial charge in [0.15, 0.2) is 18.9 Å². The van der Waals surface area contributed by atoms with Gasteiger partial charge in [-0.15, -0.1) is 0 Å². The zero-order valence-electron chi connectivity index (χ0n) is 34.8. The average Bonchev–Trinajstić information content (AvgIpc) is 3.78. The number of cyclic esters (lactones) is 1. The predicted molar refractivity (Wildman–Crippen MR) is 203 cm³/mol. The summed E-state index contributed by atoms with van der Waals surface area (Å²) in [5.74, 6) is 0.725. The van der Waals surface area contributed by atoms with Crippen molar-refractivity contribution in [3.05, 3.63) is 11.6 Å². The van der Waals surface area contributed by atoms with Gasteiger partial charge in [0.25, 0.3) is 0 Å². The molecular weight excluding hydrogens is 792 g/mol. The highest BCUT2D eigenvalue weighted by Gasteiger charge is 2.68. The molecule has 4 heterocycles. The van der Waals surface area contributed by atoms with Crippen molar-refractivity contribution in [1.29, 1.82) is 0 Å². The van der Waals surface area contributed by atoms with E-state index >= 15 is 0 Å². The number of aliphatic hydroxyl groups is 9. The predicted octanol–water partition coefficient (Wildman–Crippen LogP) is -1.24. The van der Waals surface area contributed by atoms with E-state index in [-0.39, 0.29) is 34.7 Å². The smallest absolute Gasteiger partial charge is 0.331 e. The van der Waals surface area contributed by atoms with Gasteiger partial charge >= 0.3 is 5.97 Å². The Bertz CT molecular complexity index is 1570. The minimum Gasteiger partial charge on any atom is -0.458 e. The lowest BCUT2D eigenvalue weighted by atomic mass is 9.43. The summed E-state index contributed by atoms with van der Waals surface area (Å²) >= 11 is 0. The van der Waals surface area contributed by atoms with Gasteiger partial charge in [0.05, 0.1) is 31.0 Å². The number of methoxy groups -OCH3 is 1. The van der Waals surface area contributed by atoms with Crippen molar-refractivity contribution < 1.29 is 88.6 Å². The molecule has 8 rings (SSSR count). The molecule has 0 aromatic heterocycles. The third-order valence-corrected chi connectivity index (χ3v) is 16.5. The van der Waals surface area contributed by atoms with Crippen LogP contribution in [0.5, 0.6) is 0 Å². The zero-order chi connectivity index (χ0) is 43.1. The van der Waals surface area contributed by atoms with Gasteiger partial charge in [0, 0.05) is 18.6 Å². The maximum absolute atomic E-state index is 12.6. The molecule has 4 saturated carbocycles. The summed E-state index contributed by atoms with van der Waals surface area (Å²) in [6.45, 7) is 5.42. The number of fused-ring (bicyclic) bond motifs is 5. The van der Waals surface area contributed by atoms with Gasteiger partial charge in [0.2, 0.25) is 0 Å². The topological polar surface area (TPSA) is 273 Å². The SMILES string of the molecule is CO[C@@H]1[C@@H](O)[C@@H](O[C@H]2CC[C@@]3(C)[C@H](CC[C@@H]4[C@@H]3CC[C@]3(C)[C@H](C5=CC(=O)OC5)CC[C@]43O)C2)O[C@H](C)[C@@H]1O[C@@H]1O[C@H](CO[C@@H]2O[C@H](CO)[C@H](O)[C@@H](O)[C@H]2O)[C@H](O)[C@H](O)[C@H]1O. The van der Waals surface area contributed by atoms with Crippen LogP contribution in [0.2, 0.25) is 0 Å². The van der Waals surface area contributed by atoms with Gasteiger partial charge in [-0.1, -0.05) is 13.8 Å². The van der Waals surface area contributed by atoms with Crippen LogP contribution in [-0.4, -0.2) is 183 Å². The van der Waals surface area contributed by atoms with E-state index in [1.54, 1.807) is 13.0 Å². The molecule has 0 unspecified atom stereocenters. The van der Waals surface area contributed by atoms with Crippen LogP contribution >= 0.6 is 0 Å². The molecule has 0 aromatic carbocycles. The Hall–Kier alpha value is -1.43. The third kappa shape index (κ3) is 7.50. The highest BCUT2D eigenvalue weighted by molar-refractivity contribution is 5.85. The Morgan fingerprint density at radius 2 is 1.42 bits per heavy atom. The lowest BCUT2D eigenvalue weighted by Gasteiger charge is -2.64. The van der Waals surface area contributed by atoms with Gasteiger partial charge in [0.1, 0.15) is 73.8 Å². The molecule has 4 aliphatic carbocycles. The highest BCUT2D eigenvalue weighted by Crippen LogP contribution is 2.70. The van der Waals surface area contributed by atoms with Crippen molar-refractivity contribution in [2.45, 2.75) is 182 Å². The quantitative estimate of drug-likeness (QED) is 0.0918. The zero-order valence-corrected chi connectivity index (χ0v) is 34.8. The van der Waals surface area contributed by atoms with E-state index in [4.69, 9.17) is 37.9 Å². The van der Waals surface area contributed by atoms with Crippen LogP contribution in [0.4, 0.5) is 0 Å². The maximum atomic E-state index is 12.6. The second-order valence-electron chi connectivity index (χ2n) is 19.4. The molecule has 0 aromatic rings. The molecule has 3 saturated heterocycles. The largest absolute Gasteiger partial charge is 0.458 e. The number of ether oxygens (including phenoxy) is 8. The Balaban J connectivity index is 0.875. The first-order valence-electron chi connectivity index (χ1n) is 21.8. The molecule has 8 aliphatic rings. The van der Waals surface area contributed by atoms with Crippen LogP contribution in [0, 0.1) is 34.5 Å². The van der Waals surface area contributed by atoms with Crippen molar-refractivity contribution in [1.82, 2.24) is 0 Å². The third-order valence-electron chi connectivity index (χ3n) is 16.5. The molecule has 18 nitrogen and oxygen atoms in total. The fourth-order valence-electron chi connectivity index (χ4n) is 13.0. The number of aliphatic hydroxyl groups excluding tert-OH is 8. The molecule has 60 heavy (non-hydrogen) atoms. The standard InChI is InChI=1S/C42H66O18/c1-18-35(60-38-33(50)31(48)29(46)26(59-38)17-55-37-32(49)30(47)28(45)25(15-43)58-37)36(53-4)34(51)39(56-18)57-21-7-10-40(2)20(14-21)5-6-24-23(40)8-11-41(3)22(9-12-42(24,41)52)19-13-27(44)54-16-19/h13,18,20-26,28-39,43,45-52H,5-12,14-17H2,1-4H3/t18-,20-,21+,22+,23+,24-,25-,26-,28+,29+,30-,31+,32-,33-,34-,35+,36-,37-,38+,39-,40+,41-,42+/m1/s1. The van der Waals surface area contributed by atoms with E-state index in [1.807, 2.05) is 0 Å². The van der Waals surface area contributed by atoms with Gasteiger partial charge in [-0.2, -0.15) is 0 Å². The second kappa shape index (κ2) is 17.2. The summed E-state index contributed by atoms with van der Waals surface area (Å²) in [5, 5.41) is 96.6. The molecule has 23 atom stereocenters. The first kappa shape index (κ1) is 45.1. The summed E-state index contributed by atoms with van der Waals surface area (Å²) in [4.78, 5) is 12.0. The van der Waals surface area contributed by atoms with E-state index in [9.17, 15) is 50.8 Å². The summed E-state index contributed by atoms with van der Waals surface area (Å²) in [5.41, 5.74) is -0.0850. The van der Waals surface area contributed by atoms with Gasteiger partial charge < -0.3 is 83.9 Å². The van der Waals surface area contributed by atoms with Crippen LogP contribution in [0.1, 0.15) is 78.6 Å². The molecule has 0 spiro atoms. The number of hydrogen-bond donors (Lipinski definition) is 9. The number of rotatable bonds is 10. The molecule has 9 N–H and O–H groups in total. The van der Waals surface area contributed by atoms with E-state index in [1.165, 1.54) is 7.11 Å². The molecular formula is C42H66O18. The van der Waals surface area contributed by atoms with E-state index in [0.717, 1.165) is 63.4 Å². The minimum absolute atomic E-state index is 0.00760. The first-order valence-corrected chi connectivity index (χ1v) is 21.8. The maximum Gasteiger partial charge on any atom is 0.331 e. The van der Waals surface area contributed by atoms with Gasteiger partial charge in [-0.3, -0.25) is 0 Å². The second-order valence-corrected chi connectivity index (χ2v) is 19.4. The average molecular weight is 859 g/mol. The minimum atomic E-state index is -1.77. The molecule has 0 amide bonds. The van der Waals surface area contributed by atoms with E-state index in [2.05, 4.69) is 13.8 Å². The van der Waals surface area contributed by atoms with Gasteiger partial charge in [-0.25, -0.2) is 4.79 Å². The van der Waals surface area contributed by atoms with Crippen molar-refractivity contribution in [3.8, 4) is 0 Å². The van der Waals surface area contributed by atoms with E-state index < -0.39 is 111 Å². The summed E-state index contributed by atoms with van der Waals surface area (Å²) < 4.78 is 46.6. The van der Waals surface area contributed by atoms with Crippen LogP contribution in [0.3, 0.4) is 0 Å². The van der Waals surface area contributed by atoms with E-state index in [0.29, 0.717) is 18.4 Å². The van der Waals surface area contributed by atoms with Crippen LogP contribution in [-0.2, 0) is 42.7 Å². The summed E-state index contributed by atoms with van der Waals surface area (Å²) in [6.07, 6.45) is -11.9. The Morgan fingerprint density at radius 3 is 2.10 bits per heavy atom. The van der Waals surface area contributed by atoms with Crippen molar-refractivity contribution in [3.63, 3.8) is 0 Å². The van der Waals surface area contributed by atoms with Crippen LogP contribution in [0.15, 0.2) is 11.6 Å². The fourth-order valence-corrected chi connectivity index (χ4v) is 13.0. The fraction of sp³-hybridized carbons (Fsp3) is 0.929. The first-order chi connectivity index (χ1) is 28.4. The Morgan fingerprint density at radius 1 is 0.733 bits per heavy atom. The normalized spacial score (nSPS) is 54.4. The highest BCUT2D eigenvalue weighted by atomic mass is 16.8.